The van der Waals surface area contributed by atoms with Crippen LogP contribution in [0, 0.1) is 0 Å². The highest BCUT2D eigenvalue weighted by Crippen LogP contribution is 2.48. The molecule has 0 amide bonds. The molecule has 136 valence electrons. The number of anilines is 3. The lowest BCUT2D eigenvalue weighted by molar-refractivity contribution is 0.387. The molecule has 2 aromatic carbocycles. The van der Waals surface area contributed by atoms with Crippen LogP contribution in [0.4, 0.5) is 17.5 Å². The van der Waals surface area contributed by atoms with E-state index in [-0.39, 0.29) is 0 Å². The van der Waals surface area contributed by atoms with E-state index in [2.05, 4.69) is 47.5 Å². The first kappa shape index (κ1) is 16.3. The summed E-state index contributed by atoms with van der Waals surface area (Å²) in [6.07, 6.45) is 3.38. The molecule has 0 spiro atoms. The minimum Gasteiger partial charge on any atom is -0.349 e. The average Bonchev–Trinajstić information content (AvgIpc) is 2.75. The number of aryl methyl sites for hydroxylation is 1. The van der Waals surface area contributed by atoms with Gasteiger partial charge >= 0.3 is 0 Å². The molecule has 1 N–H and O–H groups in total. The number of hydrogen-bond donors (Lipinski definition) is 1. The van der Waals surface area contributed by atoms with Gasteiger partial charge in [-0.1, -0.05) is 49.4 Å². The Morgan fingerprint density at radius 1 is 0.963 bits per heavy atom. The topological polar surface area (TPSA) is 41.1 Å². The number of piperidine rings is 1. The molecule has 1 aromatic heterocycles. The molecule has 1 fully saturated rings. The van der Waals surface area contributed by atoms with Crippen LogP contribution in [0.2, 0.25) is 0 Å². The van der Waals surface area contributed by atoms with Gasteiger partial charge in [-0.25, -0.2) is 4.98 Å². The summed E-state index contributed by atoms with van der Waals surface area (Å²) in [7, 11) is 0. The van der Waals surface area contributed by atoms with Crippen molar-refractivity contribution in [3.63, 3.8) is 0 Å². The molecule has 2 atom stereocenters. The fourth-order valence-corrected chi connectivity index (χ4v) is 4.51. The Morgan fingerprint density at radius 3 is 2.56 bits per heavy atom. The maximum Gasteiger partial charge on any atom is 0.229 e. The van der Waals surface area contributed by atoms with Crippen LogP contribution in [0.3, 0.4) is 0 Å². The lowest BCUT2D eigenvalue weighted by Gasteiger charge is -2.47. The van der Waals surface area contributed by atoms with Gasteiger partial charge in [0.05, 0.1) is 6.04 Å². The predicted octanol–water partition coefficient (Wildman–Crippen LogP) is 5.22. The number of rotatable bonds is 4. The van der Waals surface area contributed by atoms with E-state index < -0.39 is 0 Å². The Kier molecular flexibility index (Phi) is 4.04. The molecule has 6 rings (SSSR count). The zero-order chi connectivity index (χ0) is 18.2. The van der Waals surface area contributed by atoms with E-state index >= 15 is 0 Å². The van der Waals surface area contributed by atoms with Gasteiger partial charge in [-0.15, -0.1) is 0 Å². The number of aromatic nitrogens is 2. The third kappa shape index (κ3) is 2.95. The van der Waals surface area contributed by atoms with Crippen LogP contribution in [-0.4, -0.2) is 16.5 Å². The van der Waals surface area contributed by atoms with Gasteiger partial charge in [-0.05, 0) is 42.5 Å². The molecule has 3 aliphatic rings. The van der Waals surface area contributed by atoms with Crippen molar-refractivity contribution in [1.29, 1.82) is 0 Å². The molecule has 1 aliphatic carbocycles. The summed E-state index contributed by atoms with van der Waals surface area (Å²) in [6.45, 7) is 3.20. The molecule has 1 saturated heterocycles. The second-order valence-corrected chi connectivity index (χ2v) is 7.46. The standard InChI is InChI=1S/C23H24N4/c1-2-17-14-22(26-23(24-17)25-18-8-4-3-5-9-18)27-15-16-12-13-21(27)20-11-7-6-10-19(16)20/h3-11,14,16,21H,2,12-13,15H2,1H3,(H,24,25,26)/t16-,21+/m1/s1. The van der Waals surface area contributed by atoms with Crippen LogP contribution < -0.4 is 10.2 Å². The number of fused-ring (bicyclic) bond motifs is 2. The molecule has 0 unspecified atom stereocenters. The predicted molar refractivity (Wildman–Crippen MR) is 110 cm³/mol. The Hall–Kier alpha value is -2.88. The van der Waals surface area contributed by atoms with Crippen molar-refractivity contribution in [2.24, 2.45) is 0 Å². The number of hydrogen-bond acceptors (Lipinski definition) is 4. The lowest BCUT2D eigenvalue weighted by atomic mass is 9.75. The van der Waals surface area contributed by atoms with Crippen molar-refractivity contribution in [1.82, 2.24) is 9.97 Å². The molecule has 27 heavy (non-hydrogen) atoms. The summed E-state index contributed by atoms with van der Waals surface area (Å²) in [6, 6.07) is 21.7. The third-order valence-corrected chi connectivity index (χ3v) is 5.83. The second kappa shape index (κ2) is 6.69. The second-order valence-electron chi connectivity index (χ2n) is 7.46. The van der Waals surface area contributed by atoms with Crippen molar-refractivity contribution in [2.45, 2.75) is 38.1 Å². The summed E-state index contributed by atoms with van der Waals surface area (Å²) in [5.74, 6) is 2.34. The van der Waals surface area contributed by atoms with Crippen molar-refractivity contribution < 1.29 is 0 Å². The summed E-state index contributed by atoms with van der Waals surface area (Å²) in [5.41, 5.74) is 5.11. The Labute approximate surface area is 160 Å². The van der Waals surface area contributed by atoms with Gasteiger partial charge in [0.2, 0.25) is 5.95 Å². The highest BCUT2D eigenvalue weighted by atomic mass is 15.3. The van der Waals surface area contributed by atoms with Crippen molar-refractivity contribution in [2.75, 3.05) is 16.8 Å². The molecule has 4 nitrogen and oxygen atoms in total. The van der Waals surface area contributed by atoms with Crippen LogP contribution in [0.15, 0.2) is 60.7 Å². The van der Waals surface area contributed by atoms with Crippen molar-refractivity contribution in [3.8, 4) is 0 Å². The first-order valence-corrected chi connectivity index (χ1v) is 9.87. The highest BCUT2D eigenvalue weighted by molar-refractivity contribution is 5.57. The van der Waals surface area contributed by atoms with E-state index in [1.165, 1.54) is 24.0 Å². The largest absolute Gasteiger partial charge is 0.349 e. The van der Waals surface area contributed by atoms with Gasteiger partial charge in [-0.3, -0.25) is 0 Å². The first-order valence-electron chi connectivity index (χ1n) is 9.87. The highest BCUT2D eigenvalue weighted by Gasteiger charge is 2.38. The molecule has 0 radical (unpaired) electrons. The summed E-state index contributed by atoms with van der Waals surface area (Å²) < 4.78 is 0. The van der Waals surface area contributed by atoms with Crippen molar-refractivity contribution >= 4 is 17.5 Å². The fraction of sp³-hybridized carbons (Fsp3) is 0.304. The van der Waals surface area contributed by atoms with E-state index in [0.717, 1.165) is 30.2 Å². The summed E-state index contributed by atoms with van der Waals surface area (Å²) in [5, 5.41) is 3.37. The molecule has 2 bridgehead atoms. The number of nitrogens with one attached hydrogen (secondary N) is 1. The maximum absolute atomic E-state index is 4.90. The molecule has 4 heteroatoms. The Morgan fingerprint density at radius 2 is 1.74 bits per heavy atom. The number of para-hydroxylation sites is 1. The molecular formula is C23H24N4. The SMILES string of the molecule is CCc1cc(N2C[C@H]3CC[C@H]2c2ccccc23)nc(Nc2ccccc2)n1. The van der Waals surface area contributed by atoms with E-state index in [4.69, 9.17) is 9.97 Å². The normalized spacial score (nSPS) is 20.4. The van der Waals surface area contributed by atoms with Gasteiger partial charge in [0.25, 0.3) is 0 Å². The summed E-state index contributed by atoms with van der Waals surface area (Å²) in [4.78, 5) is 12.1. The van der Waals surface area contributed by atoms with Crippen LogP contribution >= 0.6 is 0 Å². The van der Waals surface area contributed by atoms with Gasteiger partial charge < -0.3 is 10.2 Å². The molecule has 0 saturated carbocycles. The summed E-state index contributed by atoms with van der Waals surface area (Å²) >= 11 is 0. The van der Waals surface area contributed by atoms with Gasteiger partial charge in [0, 0.05) is 29.9 Å². The smallest absolute Gasteiger partial charge is 0.229 e. The quantitative estimate of drug-likeness (QED) is 0.696. The third-order valence-electron chi connectivity index (χ3n) is 5.83. The molecule has 3 heterocycles. The lowest BCUT2D eigenvalue weighted by Crippen LogP contribution is -2.43. The van der Waals surface area contributed by atoms with Gasteiger partial charge in [0.1, 0.15) is 5.82 Å². The van der Waals surface area contributed by atoms with Gasteiger partial charge in [-0.2, -0.15) is 4.98 Å². The van der Waals surface area contributed by atoms with Crippen molar-refractivity contribution in [3.05, 3.63) is 77.5 Å². The van der Waals surface area contributed by atoms with Crippen LogP contribution in [-0.2, 0) is 6.42 Å². The minimum absolute atomic E-state index is 0.426. The van der Waals surface area contributed by atoms with Crippen LogP contribution in [0.5, 0.6) is 0 Å². The van der Waals surface area contributed by atoms with E-state index in [1.807, 2.05) is 30.3 Å². The average molecular weight is 356 g/mol. The molecular weight excluding hydrogens is 332 g/mol. The molecule has 2 aliphatic heterocycles. The fourth-order valence-electron chi connectivity index (χ4n) is 4.51. The minimum atomic E-state index is 0.426. The Balaban J connectivity index is 1.51. The molecule has 3 aromatic rings. The first-order chi connectivity index (χ1) is 13.3. The van der Waals surface area contributed by atoms with Crippen LogP contribution in [0.1, 0.15) is 48.5 Å². The van der Waals surface area contributed by atoms with Gasteiger partial charge in [0.15, 0.2) is 0 Å². The number of nitrogens with zero attached hydrogens (tertiary/aromatic N) is 3. The monoisotopic (exact) mass is 356 g/mol. The number of benzene rings is 2. The van der Waals surface area contributed by atoms with E-state index in [9.17, 15) is 0 Å². The van der Waals surface area contributed by atoms with E-state index in [1.54, 1.807) is 0 Å². The zero-order valence-corrected chi connectivity index (χ0v) is 15.6. The maximum atomic E-state index is 4.90. The van der Waals surface area contributed by atoms with E-state index in [0.29, 0.717) is 17.9 Å². The Bertz CT molecular complexity index is 954. The zero-order valence-electron chi connectivity index (χ0n) is 15.6. The van der Waals surface area contributed by atoms with Crippen LogP contribution in [0.25, 0.3) is 0 Å².